The van der Waals surface area contributed by atoms with E-state index in [0.29, 0.717) is 0 Å². The average molecular weight is 309 g/mol. The molecule has 2 aliphatic carbocycles. The van der Waals surface area contributed by atoms with Crippen LogP contribution in [-0.4, -0.2) is 23.2 Å². The van der Waals surface area contributed by atoms with Crippen LogP contribution in [0.3, 0.4) is 0 Å². The second kappa shape index (κ2) is 7.53. The summed E-state index contributed by atoms with van der Waals surface area (Å²) in [4.78, 5) is 0. The van der Waals surface area contributed by atoms with Crippen molar-refractivity contribution in [1.82, 2.24) is 0 Å². The fourth-order valence-electron chi connectivity index (χ4n) is 2.46. The zero-order chi connectivity index (χ0) is 10.3. The Labute approximate surface area is 107 Å². The van der Waals surface area contributed by atoms with Crippen molar-refractivity contribution in [3.63, 3.8) is 0 Å². The van der Waals surface area contributed by atoms with Gasteiger partial charge in [-0.1, -0.05) is 0 Å². The van der Waals surface area contributed by atoms with Gasteiger partial charge in [-0.3, -0.25) is 0 Å². The molecule has 0 aromatic heterocycles. The SMILES string of the molecule is C1CCC(S[Se]SC2CCCCC2)CC1. The van der Waals surface area contributed by atoms with Gasteiger partial charge in [-0.25, -0.2) is 0 Å². The molecule has 0 nitrogen and oxygen atoms in total. The van der Waals surface area contributed by atoms with Gasteiger partial charge in [-0.2, -0.15) is 0 Å². The molecule has 0 bridgehead atoms. The van der Waals surface area contributed by atoms with E-state index in [2.05, 4.69) is 20.4 Å². The van der Waals surface area contributed by atoms with Crippen molar-refractivity contribution in [3.8, 4) is 0 Å². The molecule has 2 rings (SSSR count). The Morgan fingerprint density at radius 1 is 0.600 bits per heavy atom. The van der Waals surface area contributed by atoms with Crippen LogP contribution < -0.4 is 0 Å². The van der Waals surface area contributed by atoms with E-state index >= 15 is 0 Å². The molecular formula is C12H22S2Se. The van der Waals surface area contributed by atoms with E-state index in [9.17, 15) is 0 Å². The van der Waals surface area contributed by atoms with Gasteiger partial charge < -0.3 is 0 Å². The van der Waals surface area contributed by atoms with Gasteiger partial charge in [0.15, 0.2) is 0 Å². The van der Waals surface area contributed by atoms with Crippen LogP contribution in [0, 0.1) is 0 Å². The molecule has 0 radical (unpaired) electrons. The topological polar surface area (TPSA) is 0 Å². The molecule has 0 atom stereocenters. The minimum atomic E-state index is 0.823. The van der Waals surface area contributed by atoms with E-state index in [0.717, 1.165) is 23.2 Å². The maximum atomic E-state index is 2.32. The van der Waals surface area contributed by atoms with Gasteiger partial charge in [0.25, 0.3) is 0 Å². The Morgan fingerprint density at radius 3 is 1.40 bits per heavy atom. The summed E-state index contributed by atoms with van der Waals surface area (Å²) in [6.45, 7) is 0. The molecular weight excluding hydrogens is 287 g/mol. The summed E-state index contributed by atoms with van der Waals surface area (Å²) in [7, 11) is 4.63. The summed E-state index contributed by atoms with van der Waals surface area (Å²) in [6.07, 6.45) is 15.1. The zero-order valence-corrected chi connectivity index (χ0v) is 12.8. The summed E-state index contributed by atoms with van der Waals surface area (Å²) in [5, 5.41) is 2.07. The van der Waals surface area contributed by atoms with Gasteiger partial charge >= 0.3 is 108 Å². The van der Waals surface area contributed by atoms with Gasteiger partial charge in [0, 0.05) is 0 Å². The first-order valence-corrected chi connectivity index (χ1v) is 12.2. The molecule has 3 heteroatoms. The Balaban J connectivity index is 1.53. The van der Waals surface area contributed by atoms with E-state index in [1.54, 1.807) is 0 Å². The minimum absolute atomic E-state index is 0.823. The van der Waals surface area contributed by atoms with Crippen molar-refractivity contribution in [1.29, 1.82) is 0 Å². The van der Waals surface area contributed by atoms with Crippen LogP contribution in [0.5, 0.6) is 0 Å². The third-order valence-electron chi connectivity index (χ3n) is 3.46. The van der Waals surface area contributed by atoms with Gasteiger partial charge in [0.05, 0.1) is 0 Å². The molecule has 0 aromatic carbocycles. The predicted molar refractivity (Wildman–Crippen MR) is 74.7 cm³/mol. The molecule has 0 aromatic rings. The van der Waals surface area contributed by atoms with Crippen molar-refractivity contribution in [2.45, 2.75) is 74.7 Å². The summed E-state index contributed by atoms with van der Waals surface area (Å²) < 4.78 is 0. The second-order valence-electron chi connectivity index (χ2n) is 4.78. The molecule has 15 heavy (non-hydrogen) atoms. The standard InChI is InChI=1S/C12H22S2Se/c1-3-7-11(8-4-1)13-15-14-12-9-5-2-6-10-12/h11-12H,1-10H2. The monoisotopic (exact) mass is 310 g/mol. The molecule has 0 aliphatic heterocycles. The molecule has 0 amide bonds. The quantitative estimate of drug-likeness (QED) is 0.693. The Hall–Kier alpha value is 1.22. The summed E-state index contributed by atoms with van der Waals surface area (Å²) >= 11 is 0.823. The van der Waals surface area contributed by atoms with E-state index in [1.165, 1.54) is 64.2 Å². The van der Waals surface area contributed by atoms with E-state index in [1.807, 2.05) is 0 Å². The van der Waals surface area contributed by atoms with Crippen molar-refractivity contribution in [2.24, 2.45) is 0 Å². The fourth-order valence-corrected chi connectivity index (χ4v) is 12.1. The van der Waals surface area contributed by atoms with Gasteiger partial charge in [0.1, 0.15) is 0 Å². The average Bonchev–Trinajstić information content (AvgIpc) is 2.32. The Kier molecular flexibility index (Phi) is 6.36. The van der Waals surface area contributed by atoms with Crippen LogP contribution in [0.4, 0.5) is 0 Å². The molecule has 2 saturated carbocycles. The molecule has 0 saturated heterocycles. The normalized spacial score (nSPS) is 25.6. The molecule has 0 heterocycles. The van der Waals surface area contributed by atoms with E-state index in [-0.39, 0.29) is 0 Å². The molecule has 88 valence electrons. The first-order chi connectivity index (χ1) is 7.45. The van der Waals surface area contributed by atoms with E-state index < -0.39 is 0 Å². The molecule has 0 N–H and O–H groups in total. The van der Waals surface area contributed by atoms with Gasteiger partial charge in [0.2, 0.25) is 0 Å². The van der Waals surface area contributed by atoms with Crippen LogP contribution in [0.25, 0.3) is 0 Å². The third kappa shape index (κ3) is 4.93. The second-order valence-corrected chi connectivity index (χ2v) is 12.0. The van der Waals surface area contributed by atoms with E-state index in [4.69, 9.17) is 0 Å². The molecule has 0 spiro atoms. The molecule has 2 fully saturated rings. The van der Waals surface area contributed by atoms with Gasteiger partial charge in [-0.15, -0.1) is 0 Å². The molecule has 2 aliphatic rings. The first-order valence-electron chi connectivity index (χ1n) is 6.44. The van der Waals surface area contributed by atoms with Crippen molar-refractivity contribution in [2.75, 3.05) is 0 Å². The van der Waals surface area contributed by atoms with Crippen molar-refractivity contribution >= 4 is 33.1 Å². The molecule has 0 unspecified atom stereocenters. The van der Waals surface area contributed by atoms with Crippen LogP contribution in [0.15, 0.2) is 0 Å². The fraction of sp³-hybridized carbons (Fsp3) is 1.00. The van der Waals surface area contributed by atoms with Crippen molar-refractivity contribution in [3.05, 3.63) is 0 Å². The summed E-state index contributed by atoms with van der Waals surface area (Å²) in [5.41, 5.74) is 0. The third-order valence-corrected chi connectivity index (χ3v) is 12.0. The number of rotatable bonds is 4. The van der Waals surface area contributed by atoms with Crippen LogP contribution in [0.1, 0.15) is 64.2 Å². The summed E-state index contributed by atoms with van der Waals surface area (Å²) in [6, 6.07) is 0. The van der Waals surface area contributed by atoms with Gasteiger partial charge in [-0.05, 0) is 0 Å². The van der Waals surface area contributed by atoms with Crippen LogP contribution >= 0.6 is 20.4 Å². The van der Waals surface area contributed by atoms with Crippen LogP contribution in [-0.2, 0) is 0 Å². The maximum absolute atomic E-state index is 2.32. The number of hydrogen-bond acceptors (Lipinski definition) is 2. The number of hydrogen-bond donors (Lipinski definition) is 0. The Bertz CT molecular complexity index is 145. The first kappa shape index (κ1) is 12.7. The predicted octanol–water partition coefficient (Wildman–Crippen LogP) is 4.65. The zero-order valence-electron chi connectivity index (χ0n) is 9.45. The summed E-state index contributed by atoms with van der Waals surface area (Å²) in [5.74, 6) is 0. The Morgan fingerprint density at radius 2 is 1.00 bits per heavy atom. The van der Waals surface area contributed by atoms with Crippen molar-refractivity contribution < 1.29 is 0 Å². The van der Waals surface area contributed by atoms with Crippen LogP contribution in [0.2, 0.25) is 0 Å².